The number of esters is 2. The molecule has 0 radical (unpaired) electrons. The van der Waals surface area contributed by atoms with E-state index in [-0.39, 0.29) is 44.7 Å². The highest BCUT2D eigenvalue weighted by atomic mass is 31.2. The van der Waals surface area contributed by atoms with E-state index in [0.717, 1.165) is 73.6 Å². The van der Waals surface area contributed by atoms with Crippen molar-refractivity contribution in [2.45, 2.75) is 232 Å². The van der Waals surface area contributed by atoms with Crippen molar-refractivity contribution in [1.29, 1.82) is 0 Å². The Morgan fingerprint density at radius 1 is 0.651 bits per heavy atom. The maximum Gasteiger partial charge on any atom is 0.330 e. The first-order chi connectivity index (χ1) is 30.7. The Balaban J connectivity index is 1.49. The van der Waals surface area contributed by atoms with Gasteiger partial charge in [-0.2, -0.15) is 0 Å². The summed E-state index contributed by atoms with van der Waals surface area (Å²) < 4.78 is 32.5. The topological polar surface area (TPSA) is 156 Å². The van der Waals surface area contributed by atoms with Gasteiger partial charge in [-0.1, -0.05) is 199 Å². The molecule has 358 valence electrons. The molecular formula is C51H87N4O7P. The summed E-state index contributed by atoms with van der Waals surface area (Å²) in [7, 11) is -4.20. The largest absolute Gasteiger partial charge is 0.462 e. The van der Waals surface area contributed by atoms with Crippen LogP contribution in [0.25, 0.3) is 21.9 Å². The summed E-state index contributed by atoms with van der Waals surface area (Å²) >= 11 is 0. The van der Waals surface area contributed by atoms with Crippen LogP contribution in [-0.4, -0.2) is 56.8 Å². The van der Waals surface area contributed by atoms with Crippen molar-refractivity contribution >= 4 is 47.3 Å². The zero-order valence-electron chi connectivity index (χ0n) is 39.9. The number of aryl methyl sites for hydroxylation is 2. The Morgan fingerprint density at radius 3 is 1.65 bits per heavy atom. The van der Waals surface area contributed by atoms with Crippen LogP contribution in [-0.2, 0) is 41.1 Å². The molecule has 2 atom stereocenters. The number of nitrogen functional groups attached to an aromatic ring is 1. The number of benzene rings is 1. The summed E-state index contributed by atoms with van der Waals surface area (Å²) in [4.78, 5) is 46.3. The van der Waals surface area contributed by atoms with Crippen molar-refractivity contribution in [3.05, 3.63) is 30.1 Å². The lowest BCUT2D eigenvalue weighted by molar-refractivity contribution is -0.161. The number of carbonyl (C=O) groups excluding carboxylic acids is 2. The second-order valence-electron chi connectivity index (χ2n) is 17.9. The van der Waals surface area contributed by atoms with Crippen molar-refractivity contribution in [3.8, 4) is 0 Å². The molecule has 1 unspecified atom stereocenters. The van der Waals surface area contributed by atoms with Crippen LogP contribution < -0.4 is 5.73 Å². The number of rotatable bonds is 40. The van der Waals surface area contributed by atoms with E-state index in [1.165, 1.54) is 122 Å². The molecule has 0 aliphatic carbocycles. The fraction of sp³-hybridized carbons (Fsp3) is 0.765. The van der Waals surface area contributed by atoms with Crippen molar-refractivity contribution < 1.29 is 33.0 Å². The average Bonchev–Trinajstić information content (AvgIpc) is 3.65. The molecule has 3 aromatic rings. The number of nitrogens with two attached hydrogens (primary N) is 1. The van der Waals surface area contributed by atoms with Gasteiger partial charge in [0.1, 0.15) is 17.9 Å². The predicted octanol–water partition coefficient (Wildman–Crippen LogP) is 14.1. The minimum atomic E-state index is -4.20. The molecule has 0 spiro atoms. The number of para-hydroxylation sites is 1. The molecule has 0 amide bonds. The molecule has 63 heavy (non-hydrogen) atoms. The van der Waals surface area contributed by atoms with Gasteiger partial charge in [-0.15, -0.1) is 0 Å². The zero-order chi connectivity index (χ0) is 45.4. The summed E-state index contributed by atoms with van der Waals surface area (Å²) in [5, 5.41) is 0.863. The Hall–Kier alpha value is -3.01. The average molecular weight is 899 g/mol. The number of hydrogen-bond acceptors (Lipinski definition) is 9. The Labute approximate surface area is 381 Å². The van der Waals surface area contributed by atoms with Crippen LogP contribution >= 0.6 is 7.60 Å². The number of carbonyl (C=O) groups is 2. The molecular weight excluding hydrogens is 812 g/mol. The Bertz CT molecular complexity index is 1730. The number of pyridine rings is 1. The van der Waals surface area contributed by atoms with E-state index in [2.05, 4.69) is 25.8 Å². The molecule has 0 fully saturated rings. The smallest absolute Gasteiger partial charge is 0.330 e. The lowest BCUT2D eigenvalue weighted by Crippen LogP contribution is -2.29. The van der Waals surface area contributed by atoms with Crippen molar-refractivity contribution in [2.24, 2.45) is 0 Å². The second-order valence-corrected chi connectivity index (χ2v) is 19.9. The number of ether oxygens (including phenoxy) is 2. The van der Waals surface area contributed by atoms with E-state index in [4.69, 9.17) is 24.7 Å². The third kappa shape index (κ3) is 23.1. The lowest BCUT2D eigenvalue weighted by atomic mass is 10.0. The monoisotopic (exact) mass is 899 g/mol. The quantitative estimate of drug-likeness (QED) is 0.0320. The van der Waals surface area contributed by atoms with Gasteiger partial charge in [0.25, 0.3) is 0 Å². The summed E-state index contributed by atoms with van der Waals surface area (Å²) in [5.41, 5.74) is 8.43. The van der Waals surface area contributed by atoms with Gasteiger partial charge in [0.05, 0.1) is 23.8 Å². The first-order valence-corrected chi connectivity index (χ1v) is 27.3. The normalized spacial score (nSPS) is 13.1. The van der Waals surface area contributed by atoms with Gasteiger partial charge in [0.2, 0.25) is 0 Å². The summed E-state index contributed by atoms with van der Waals surface area (Å²) in [5.74, 6) is 0.300. The van der Waals surface area contributed by atoms with Crippen LogP contribution in [0.1, 0.15) is 219 Å². The Kier molecular flexibility index (Phi) is 28.9. The maximum absolute atomic E-state index is 13.6. The number of nitrogens with zero attached hydrogens (tertiary/aromatic N) is 3. The van der Waals surface area contributed by atoms with Crippen molar-refractivity contribution in [2.75, 3.05) is 25.1 Å². The molecule has 12 heteroatoms. The fourth-order valence-corrected chi connectivity index (χ4v) is 9.34. The lowest BCUT2D eigenvalue weighted by Gasteiger charge is -2.21. The number of fused-ring (bicyclic) bond motifs is 3. The molecule has 0 saturated heterocycles. The maximum atomic E-state index is 13.6. The molecule has 0 aliphatic heterocycles. The molecule has 1 aromatic carbocycles. The van der Waals surface area contributed by atoms with Gasteiger partial charge < -0.3 is 29.2 Å². The number of anilines is 1. The number of imidazole rings is 1. The van der Waals surface area contributed by atoms with E-state index in [1.807, 2.05) is 28.8 Å². The molecule has 0 aliphatic rings. The number of hydrogen-bond donors (Lipinski definition) is 2. The molecule has 0 bridgehead atoms. The minimum Gasteiger partial charge on any atom is -0.462 e. The number of unbranched alkanes of at least 4 members (excludes halogenated alkanes) is 25. The summed E-state index contributed by atoms with van der Waals surface area (Å²) in [6.45, 7) is 6.18. The molecule has 3 rings (SSSR count). The van der Waals surface area contributed by atoms with Gasteiger partial charge in [-0.3, -0.25) is 14.2 Å². The van der Waals surface area contributed by atoms with Crippen LogP contribution in [0.3, 0.4) is 0 Å². The standard InChI is InChI=1S/C51H87N4O7P/c1-4-7-10-12-14-16-18-20-22-24-26-28-30-37-47(56)60-41-43(62-48(57)38-31-29-27-25-23-21-19-17-15-13-11-8-5-2)42-61-63(58,59)40-39-55-46(36-9-6-3)54-49-50(55)44-34-32-33-35-45(44)53-51(49)52/h32-35,43H,4-31,36-42H2,1-3H3,(H2,52,53)(H,58,59)/t43-/m1/s1. The predicted molar refractivity (Wildman–Crippen MR) is 260 cm³/mol. The zero-order valence-corrected chi connectivity index (χ0v) is 40.8. The van der Waals surface area contributed by atoms with Gasteiger partial charge in [0.15, 0.2) is 11.9 Å². The van der Waals surface area contributed by atoms with Crippen LogP contribution in [0.4, 0.5) is 5.82 Å². The second kappa shape index (κ2) is 33.5. The van der Waals surface area contributed by atoms with E-state index in [9.17, 15) is 19.0 Å². The van der Waals surface area contributed by atoms with E-state index in [1.54, 1.807) is 0 Å². The molecule has 3 N–H and O–H groups in total. The molecule has 11 nitrogen and oxygen atoms in total. The van der Waals surface area contributed by atoms with Gasteiger partial charge in [-0.25, -0.2) is 9.97 Å². The van der Waals surface area contributed by atoms with Crippen LogP contribution in [0.5, 0.6) is 0 Å². The summed E-state index contributed by atoms with van der Waals surface area (Å²) in [6.07, 6.45) is 33.4. The first-order valence-electron chi connectivity index (χ1n) is 25.5. The minimum absolute atomic E-state index is 0.161. The van der Waals surface area contributed by atoms with E-state index in [0.29, 0.717) is 24.2 Å². The third-order valence-corrected chi connectivity index (χ3v) is 13.5. The summed E-state index contributed by atoms with van der Waals surface area (Å²) in [6, 6.07) is 7.67. The molecule has 0 saturated carbocycles. The van der Waals surface area contributed by atoms with Crippen molar-refractivity contribution in [1.82, 2.24) is 14.5 Å². The highest BCUT2D eigenvalue weighted by molar-refractivity contribution is 7.52. The van der Waals surface area contributed by atoms with Crippen LogP contribution in [0.2, 0.25) is 0 Å². The highest BCUT2D eigenvalue weighted by Crippen LogP contribution is 2.43. The van der Waals surface area contributed by atoms with E-state index >= 15 is 0 Å². The van der Waals surface area contributed by atoms with Crippen LogP contribution in [0, 0.1) is 0 Å². The molecule has 2 heterocycles. The molecule has 2 aromatic heterocycles. The van der Waals surface area contributed by atoms with Crippen LogP contribution in [0.15, 0.2) is 24.3 Å². The van der Waals surface area contributed by atoms with Gasteiger partial charge in [0, 0.05) is 31.2 Å². The fourth-order valence-electron chi connectivity index (χ4n) is 8.36. The number of aromatic nitrogens is 3. The first kappa shape index (κ1) is 54.3. The highest BCUT2D eigenvalue weighted by Gasteiger charge is 2.27. The van der Waals surface area contributed by atoms with E-state index < -0.39 is 19.7 Å². The van der Waals surface area contributed by atoms with Gasteiger partial charge in [-0.05, 0) is 25.3 Å². The third-order valence-electron chi connectivity index (χ3n) is 12.2. The van der Waals surface area contributed by atoms with Gasteiger partial charge >= 0.3 is 19.5 Å². The van der Waals surface area contributed by atoms with Crippen molar-refractivity contribution in [3.63, 3.8) is 0 Å². The SMILES string of the molecule is CCCCCCCCCCCCCCCC(=O)OC[C@H](COP(=O)(O)CCn1c(CCCC)nc2c(N)nc3ccccc3c21)OC(=O)CCCCCCCCCCCCCCC. The Morgan fingerprint density at radius 2 is 1.13 bits per heavy atom.